The predicted molar refractivity (Wildman–Crippen MR) is 113 cm³/mol. The van der Waals surface area contributed by atoms with Crippen molar-refractivity contribution in [2.45, 2.75) is 26.2 Å². The first kappa shape index (κ1) is 19.4. The maximum Gasteiger partial charge on any atom is 0.193 e. The zero-order chi connectivity index (χ0) is 19.4. The molecule has 1 N–H and O–H groups in total. The van der Waals surface area contributed by atoms with Gasteiger partial charge in [0.1, 0.15) is 5.75 Å². The van der Waals surface area contributed by atoms with Gasteiger partial charge in [0.2, 0.25) is 0 Å². The number of hydrogen-bond donors (Lipinski definition) is 1. The van der Waals surface area contributed by atoms with E-state index in [1.165, 1.54) is 24.9 Å². The van der Waals surface area contributed by atoms with Crippen LogP contribution in [0.2, 0.25) is 0 Å². The number of nitrogens with one attached hydrogen (secondary N) is 1. The van der Waals surface area contributed by atoms with Crippen LogP contribution in [0.5, 0.6) is 5.75 Å². The number of nitrogens with zero attached hydrogens (tertiary/aromatic N) is 3. The molecular weight excluding hydrogens is 352 g/mol. The van der Waals surface area contributed by atoms with Crippen LogP contribution in [0.4, 0.5) is 5.69 Å². The molecular formula is C22H34N4O2. The standard InChI is InChI=1S/C22H34N4O2/c1-3-23-21(26-11-8-22(16-26)9-12-28-17-22)24-14-18-7-10-25(15-18)19-5-4-6-20(13-19)27-2/h4-6,13,18H,3,7-12,14-17H2,1-2H3,(H,23,24). The minimum Gasteiger partial charge on any atom is -0.497 e. The number of rotatable bonds is 5. The van der Waals surface area contributed by atoms with Crippen molar-refractivity contribution >= 4 is 11.6 Å². The van der Waals surface area contributed by atoms with Crippen molar-refractivity contribution in [2.24, 2.45) is 16.3 Å². The Balaban J connectivity index is 1.35. The molecule has 3 heterocycles. The Labute approximate surface area is 168 Å². The van der Waals surface area contributed by atoms with Crippen molar-refractivity contribution in [1.82, 2.24) is 10.2 Å². The van der Waals surface area contributed by atoms with Crippen molar-refractivity contribution in [3.8, 4) is 5.75 Å². The van der Waals surface area contributed by atoms with Crippen molar-refractivity contribution < 1.29 is 9.47 Å². The van der Waals surface area contributed by atoms with Crippen molar-refractivity contribution in [1.29, 1.82) is 0 Å². The molecule has 2 atom stereocenters. The highest BCUT2D eigenvalue weighted by Gasteiger charge is 2.42. The van der Waals surface area contributed by atoms with Crippen LogP contribution in [-0.4, -0.2) is 70.5 Å². The van der Waals surface area contributed by atoms with Crippen molar-refractivity contribution in [2.75, 3.05) is 64.5 Å². The Bertz CT molecular complexity index is 687. The van der Waals surface area contributed by atoms with Crippen molar-refractivity contribution in [3.05, 3.63) is 24.3 Å². The van der Waals surface area contributed by atoms with Gasteiger partial charge in [-0.15, -0.1) is 0 Å². The first-order chi connectivity index (χ1) is 13.7. The zero-order valence-electron chi connectivity index (χ0n) is 17.3. The number of benzene rings is 1. The van der Waals surface area contributed by atoms with Gasteiger partial charge < -0.3 is 24.6 Å². The summed E-state index contributed by atoms with van der Waals surface area (Å²) in [6.07, 6.45) is 3.61. The van der Waals surface area contributed by atoms with Crippen LogP contribution < -0.4 is 15.0 Å². The lowest BCUT2D eigenvalue weighted by Gasteiger charge is -2.25. The molecule has 0 bridgehead atoms. The molecule has 2 unspecified atom stereocenters. The minimum atomic E-state index is 0.368. The SMILES string of the molecule is CCNC(=NCC1CCN(c2cccc(OC)c2)C1)N1CCC2(CCOC2)C1. The molecule has 3 aliphatic heterocycles. The summed E-state index contributed by atoms with van der Waals surface area (Å²) in [5, 5.41) is 3.52. The second kappa shape index (κ2) is 8.60. The quantitative estimate of drug-likeness (QED) is 0.623. The number of anilines is 1. The van der Waals surface area contributed by atoms with E-state index in [-0.39, 0.29) is 0 Å². The molecule has 3 saturated heterocycles. The molecule has 1 aromatic rings. The molecule has 6 heteroatoms. The van der Waals surface area contributed by atoms with Gasteiger partial charge >= 0.3 is 0 Å². The number of guanidine groups is 1. The van der Waals surface area contributed by atoms with Gasteiger partial charge in [-0.3, -0.25) is 4.99 Å². The first-order valence-corrected chi connectivity index (χ1v) is 10.7. The average molecular weight is 387 g/mol. The van der Waals surface area contributed by atoms with Gasteiger partial charge in [-0.05, 0) is 44.2 Å². The lowest BCUT2D eigenvalue weighted by atomic mass is 9.87. The molecule has 0 aromatic heterocycles. The third kappa shape index (κ3) is 4.22. The maximum absolute atomic E-state index is 5.68. The average Bonchev–Trinajstić information content (AvgIpc) is 3.48. The Morgan fingerprint density at radius 3 is 3.07 bits per heavy atom. The summed E-state index contributed by atoms with van der Waals surface area (Å²) in [5.74, 6) is 2.62. The Kier molecular flexibility index (Phi) is 5.95. The topological polar surface area (TPSA) is 49.3 Å². The molecule has 4 rings (SSSR count). The predicted octanol–water partition coefficient (Wildman–Crippen LogP) is 2.60. The number of methoxy groups -OCH3 is 1. The van der Waals surface area contributed by atoms with Gasteiger partial charge in [0.25, 0.3) is 0 Å². The summed E-state index contributed by atoms with van der Waals surface area (Å²) in [5.41, 5.74) is 1.62. The highest BCUT2D eigenvalue weighted by molar-refractivity contribution is 5.80. The van der Waals surface area contributed by atoms with Gasteiger partial charge in [-0.25, -0.2) is 0 Å². The van der Waals surface area contributed by atoms with Crippen LogP contribution in [0.1, 0.15) is 26.2 Å². The van der Waals surface area contributed by atoms with E-state index in [0.717, 1.165) is 64.2 Å². The molecule has 6 nitrogen and oxygen atoms in total. The van der Waals surface area contributed by atoms with Crippen molar-refractivity contribution in [3.63, 3.8) is 0 Å². The molecule has 3 aliphatic rings. The number of ether oxygens (including phenoxy) is 2. The highest BCUT2D eigenvalue weighted by Crippen LogP contribution is 2.38. The number of aliphatic imine (C=N–C) groups is 1. The number of likely N-dealkylation sites (tertiary alicyclic amines) is 1. The lowest BCUT2D eigenvalue weighted by molar-refractivity contribution is 0.156. The minimum absolute atomic E-state index is 0.368. The fourth-order valence-corrected chi connectivity index (χ4v) is 4.75. The fraction of sp³-hybridized carbons (Fsp3) is 0.682. The van der Waals surface area contributed by atoms with Crippen LogP contribution in [-0.2, 0) is 4.74 Å². The van der Waals surface area contributed by atoms with Crippen LogP contribution in [0.3, 0.4) is 0 Å². The Hall–Kier alpha value is -1.95. The molecule has 3 fully saturated rings. The molecule has 1 spiro atoms. The van der Waals surface area contributed by atoms with E-state index < -0.39 is 0 Å². The van der Waals surface area contributed by atoms with Gasteiger partial charge in [0.15, 0.2) is 5.96 Å². The van der Waals surface area contributed by atoms with Crippen LogP contribution in [0.25, 0.3) is 0 Å². The molecule has 0 radical (unpaired) electrons. The largest absolute Gasteiger partial charge is 0.497 e. The molecule has 28 heavy (non-hydrogen) atoms. The molecule has 0 aliphatic carbocycles. The Morgan fingerprint density at radius 2 is 2.29 bits per heavy atom. The molecule has 1 aromatic carbocycles. The zero-order valence-corrected chi connectivity index (χ0v) is 17.3. The highest BCUT2D eigenvalue weighted by atomic mass is 16.5. The fourth-order valence-electron chi connectivity index (χ4n) is 4.75. The summed E-state index contributed by atoms with van der Waals surface area (Å²) in [4.78, 5) is 9.94. The Morgan fingerprint density at radius 1 is 1.36 bits per heavy atom. The van der Waals surface area contributed by atoms with E-state index in [0.29, 0.717) is 11.3 Å². The second-order valence-electron chi connectivity index (χ2n) is 8.47. The van der Waals surface area contributed by atoms with Gasteiger partial charge in [0.05, 0.1) is 13.7 Å². The van der Waals surface area contributed by atoms with Crippen LogP contribution in [0, 0.1) is 11.3 Å². The van der Waals surface area contributed by atoms with E-state index >= 15 is 0 Å². The first-order valence-electron chi connectivity index (χ1n) is 10.7. The van der Waals surface area contributed by atoms with Gasteiger partial charge in [-0.2, -0.15) is 0 Å². The summed E-state index contributed by atoms with van der Waals surface area (Å²) < 4.78 is 11.1. The third-order valence-corrected chi connectivity index (χ3v) is 6.46. The third-order valence-electron chi connectivity index (χ3n) is 6.46. The summed E-state index contributed by atoms with van der Waals surface area (Å²) in [6, 6.07) is 8.37. The summed E-state index contributed by atoms with van der Waals surface area (Å²) in [7, 11) is 1.73. The smallest absolute Gasteiger partial charge is 0.193 e. The van der Waals surface area contributed by atoms with E-state index in [9.17, 15) is 0 Å². The summed E-state index contributed by atoms with van der Waals surface area (Å²) in [6.45, 7) is 10.1. The van der Waals surface area contributed by atoms with E-state index in [2.05, 4.69) is 40.2 Å². The maximum atomic E-state index is 5.68. The number of hydrogen-bond acceptors (Lipinski definition) is 4. The van der Waals surface area contributed by atoms with Gasteiger partial charge in [0, 0.05) is 63.0 Å². The van der Waals surface area contributed by atoms with E-state index in [4.69, 9.17) is 14.5 Å². The monoisotopic (exact) mass is 386 g/mol. The lowest BCUT2D eigenvalue weighted by Crippen LogP contribution is -2.41. The van der Waals surface area contributed by atoms with Gasteiger partial charge in [-0.1, -0.05) is 6.07 Å². The van der Waals surface area contributed by atoms with E-state index in [1.54, 1.807) is 7.11 Å². The van der Waals surface area contributed by atoms with E-state index in [1.807, 2.05) is 6.07 Å². The second-order valence-corrected chi connectivity index (χ2v) is 8.47. The summed E-state index contributed by atoms with van der Waals surface area (Å²) >= 11 is 0. The molecule has 0 saturated carbocycles. The molecule has 154 valence electrons. The van der Waals surface area contributed by atoms with Crippen LogP contribution in [0.15, 0.2) is 29.3 Å². The normalized spacial score (nSPS) is 27.8. The molecule has 0 amide bonds. The van der Waals surface area contributed by atoms with Crippen LogP contribution >= 0.6 is 0 Å².